The van der Waals surface area contributed by atoms with E-state index < -0.39 is 0 Å². The highest BCUT2D eigenvalue weighted by molar-refractivity contribution is 5.63. The van der Waals surface area contributed by atoms with Crippen molar-refractivity contribution in [1.29, 1.82) is 0 Å². The molecule has 0 amide bonds. The highest BCUT2D eigenvalue weighted by Gasteiger charge is 2.10. The first-order valence-corrected chi connectivity index (χ1v) is 6.90. The van der Waals surface area contributed by atoms with Crippen molar-refractivity contribution in [2.75, 3.05) is 31.4 Å². The molecule has 0 fully saturated rings. The van der Waals surface area contributed by atoms with Crippen LogP contribution in [0.5, 0.6) is 0 Å². The van der Waals surface area contributed by atoms with Gasteiger partial charge in [-0.3, -0.25) is 0 Å². The molecule has 1 aromatic carbocycles. The number of aryl methyl sites for hydroxylation is 2. The van der Waals surface area contributed by atoms with E-state index in [2.05, 4.69) is 52.2 Å². The van der Waals surface area contributed by atoms with Gasteiger partial charge >= 0.3 is 0 Å². The monoisotopic (exact) mass is 286 g/mol. The van der Waals surface area contributed by atoms with Crippen LogP contribution in [-0.2, 0) is 11.3 Å². The summed E-state index contributed by atoms with van der Waals surface area (Å²) < 4.78 is 5.13. The van der Waals surface area contributed by atoms with Gasteiger partial charge in [-0.1, -0.05) is 6.07 Å². The first-order chi connectivity index (χ1) is 10.0. The van der Waals surface area contributed by atoms with E-state index in [9.17, 15) is 0 Å². The summed E-state index contributed by atoms with van der Waals surface area (Å²) in [7, 11) is 5.49. The van der Waals surface area contributed by atoms with Crippen LogP contribution in [0.3, 0.4) is 0 Å². The maximum atomic E-state index is 5.13. The molecule has 112 valence electrons. The number of ether oxygens (including phenoxy) is 1. The lowest BCUT2D eigenvalue weighted by Gasteiger charge is -2.20. The van der Waals surface area contributed by atoms with Crippen LogP contribution in [0.2, 0.25) is 0 Å². The summed E-state index contributed by atoms with van der Waals surface area (Å²) in [4.78, 5) is 11.0. The summed E-state index contributed by atoms with van der Waals surface area (Å²) in [6, 6.07) is 8.37. The highest BCUT2D eigenvalue weighted by Crippen LogP contribution is 2.25. The van der Waals surface area contributed by atoms with E-state index in [0.29, 0.717) is 12.4 Å². The summed E-state index contributed by atoms with van der Waals surface area (Å²) in [5.41, 5.74) is 3.57. The quantitative estimate of drug-likeness (QED) is 0.915. The van der Waals surface area contributed by atoms with Gasteiger partial charge in [0.25, 0.3) is 0 Å². The molecule has 0 saturated heterocycles. The molecule has 2 rings (SSSR count). The number of methoxy groups -OCH3 is 1. The molecule has 1 N–H and O–H groups in total. The summed E-state index contributed by atoms with van der Waals surface area (Å²) in [6.07, 6.45) is 0. The minimum atomic E-state index is 0.392. The lowest BCUT2D eigenvalue weighted by molar-refractivity contribution is 0.178. The molecule has 0 unspecified atom stereocenters. The number of nitrogens with one attached hydrogen (secondary N) is 1. The molecule has 0 saturated carbocycles. The molecule has 1 heterocycles. The predicted molar refractivity (Wildman–Crippen MR) is 86.3 cm³/mol. The molecule has 5 nitrogen and oxygen atoms in total. The van der Waals surface area contributed by atoms with Crippen molar-refractivity contribution in [2.24, 2.45) is 0 Å². The molecular formula is C16H22N4O. The van der Waals surface area contributed by atoms with E-state index in [1.807, 2.05) is 20.2 Å². The van der Waals surface area contributed by atoms with Crippen molar-refractivity contribution < 1.29 is 4.74 Å². The Balaban J connectivity index is 2.41. The molecule has 1 aromatic heterocycles. The van der Waals surface area contributed by atoms with Crippen LogP contribution in [0.1, 0.15) is 17.0 Å². The van der Waals surface area contributed by atoms with Crippen molar-refractivity contribution >= 4 is 17.3 Å². The summed E-state index contributed by atoms with van der Waals surface area (Å²) >= 11 is 0. The Labute approximate surface area is 126 Å². The van der Waals surface area contributed by atoms with Crippen LogP contribution in [-0.4, -0.2) is 31.2 Å². The van der Waals surface area contributed by atoms with Crippen molar-refractivity contribution in [2.45, 2.75) is 20.5 Å². The van der Waals surface area contributed by atoms with Crippen LogP contribution in [0.15, 0.2) is 24.3 Å². The van der Waals surface area contributed by atoms with Gasteiger partial charge in [0.2, 0.25) is 0 Å². The fraction of sp³-hybridized carbons (Fsp3) is 0.375. The molecule has 2 aromatic rings. The molecule has 5 heteroatoms. The number of anilines is 3. The van der Waals surface area contributed by atoms with Gasteiger partial charge in [-0.25, -0.2) is 9.97 Å². The number of aromatic nitrogens is 2. The second kappa shape index (κ2) is 6.54. The molecule has 0 radical (unpaired) electrons. The largest absolute Gasteiger partial charge is 0.377 e. The molecule has 0 aliphatic rings. The Morgan fingerprint density at radius 3 is 2.33 bits per heavy atom. The van der Waals surface area contributed by atoms with E-state index in [-0.39, 0.29) is 0 Å². The minimum Gasteiger partial charge on any atom is -0.377 e. The van der Waals surface area contributed by atoms with Crippen LogP contribution in [0, 0.1) is 13.8 Å². The van der Waals surface area contributed by atoms with Gasteiger partial charge in [-0.05, 0) is 37.1 Å². The van der Waals surface area contributed by atoms with Gasteiger partial charge in [0.1, 0.15) is 18.2 Å². The van der Waals surface area contributed by atoms with Crippen LogP contribution in [0.25, 0.3) is 0 Å². The second-order valence-corrected chi connectivity index (χ2v) is 5.12. The van der Waals surface area contributed by atoms with Gasteiger partial charge in [0.15, 0.2) is 5.82 Å². The Kier molecular flexibility index (Phi) is 4.75. The average molecular weight is 286 g/mol. The second-order valence-electron chi connectivity index (χ2n) is 5.12. The van der Waals surface area contributed by atoms with E-state index in [4.69, 9.17) is 4.74 Å². The van der Waals surface area contributed by atoms with E-state index in [1.54, 1.807) is 7.11 Å². The predicted octanol–water partition coefficient (Wildman–Crippen LogP) is 3.05. The Hall–Kier alpha value is -2.14. The maximum absolute atomic E-state index is 5.13. The molecule has 21 heavy (non-hydrogen) atoms. The number of nitrogens with zero attached hydrogens (tertiary/aromatic N) is 3. The molecule has 0 bridgehead atoms. The summed E-state index contributed by atoms with van der Waals surface area (Å²) in [5, 5.41) is 3.06. The van der Waals surface area contributed by atoms with Crippen LogP contribution in [0.4, 0.5) is 17.3 Å². The Morgan fingerprint density at radius 2 is 1.76 bits per heavy atom. The number of hydrogen-bond donors (Lipinski definition) is 1. The molecule has 0 atom stereocenters. The molecule has 0 aliphatic carbocycles. The Morgan fingerprint density at radius 1 is 1.10 bits per heavy atom. The lowest BCUT2D eigenvalue weighted by atomic mass is 10.1. The zero-order valence-electron chi connectivity index (χ0n) is 13.3. The van der Waals surface area contributed by atoms with Gasteiger partial charge in [-0.2, -0.15) is 0 Å². The number of benzene rings is 1. The normalized spacial score (nSPS) is 10.5. The fourth-order valence-corrected chi connectivity index (χ4v) is 2.25. The average Bonchev–Trinajstić information content (AvgIpc) is 2.45. The van der Waals surface area contributed by atoms with Gasteiger partial charge in [0, 0.05) is 33.0 Å². The number of hydrogen-bond acceptors (Lipinski definition) is 5. The van der Waals surface area contributed by atoms with Crippen molar-refractivity contribution in [1.82, 2.24) is 9.97 Å². The first kappa shape index (κ1) is 15.3. The zero-order chi connectivity index (χ0) is 15.4. The fourth-order valence-electron chi connectivity index (χ4n) is 2.25. The maximum Gasteiger partial charge on any atom is 0.158 e. The van der Waals surface area contributed by atoms with Crippen LogP contribution < -0.4 is 10.2 Å². The molecule has 0 aliphatic heterocycles. The summed E-state index contributed by atoms with van der Waals surface area (Å²) in [5.74, 6) is 2.28. The first-order valence-electron chi connectivity index (χ1n) is 6.90. The third kappa shape index (κ3) is 3.70. The van der Waals surface area contributed by atoms with E-state index >= 15 is 0 Å². The van der Waals surface area contributed by atoms with Crippen molar-refractivity contribution in [3.63, 3.8) is 0 Å². The van der Waals surface area contributed by atoms with Gasteiger partial charge in [0.05, 0.1) is 0 Å². The molecular weight excluding hydrogens is 264 g/mol. The van der Waals surface area contributed by atoms with Gasteiger partial charge < -0.3 is 15.0 Å². The van der Waals surface area contributed by atoms with Crippen LogP contribution >= 0.6 is 0 Å². The smallest absolute Gasteiger partial charge is 0.158 e. The summed E-state index contributed by atoms with van der Waals surface area (Å²) in [6.45, 7) is 4.59. The van der Waals surface area contributed by atoms with Gasteiger partial charge in [-0.15, -0.1) is 0 Å². The third-order valence-electron chi connectivity index (χ3n) is 3.23. The van der Waals surface area contributed by atoms with Crippen molar-refractivity contribution in [3.05, 3.63) is 41.2 Å². The third-order valence-corrected chi connectivity index (χ3v) is 3.23. The standard InChI is InChI=1S/C16H22N4O/c1-11-6-12(2)8-13(7-11)20(4)16-9-14(17-3)18-15(19-16)10-21-5/h6-9H,10H2,1-5H3,(H,17,18,19). The molecule has 0 spiro atoms. The van der Waals surface area contributed by atoms with E-state index in [1.165, 1.54) is 11.1 Å². The minimum absolute atomic E-state index is 0.392. The Bertz CT molecular complexity index is 607. The topological polar surface area (TPSA) is 50.3 Å². The highest BCUT2D eigenvalue weighted by atomic mass is 16.5. The SMILES string of the molecule is CNc1cc(N(C)c2cc(C)cc(C)c2)nc(COC)n1. The van der Waals surface area contributed by atoms with E-state index in [0.717, 1.165) is 17.3 Å². The van der Waals surface area contributed by atoms with Crippen molar-refractivity contribution in [3.8, 4) is 0 Å². The zero-order valence-corrected chi connectivity index (χ0v) is 13.3. The lowest BCUT2D eigenvalue weighted by Crippen LogP contribution is -2.14. The number of rotatable bonds is 5.